The van der Waals surface area contributed by atoms with Crippen molar-refractivity contribution in [2.75, 3.05) is 0 Å². The topological polar surface area (TPSA) is 0 Å². The predicted octanol–water partition coefficient (Wildman–Crippen LogP) is 8.16. The Morgan fingerprint density at radius 3 is 2.17 bits per heavy atom. The lowest BCUT2D eigenvalue weighted by Gasteiger charge is -2.25. The molecule has 0 atom stereocenters. The van der Waals surface area contributed by atoms with E-state index in [9.17, 15) is 0 Å². The van der Waals surface area contributed by atoms with Crippen molar-refractivity contribution in [3.63, 3.8) is 0 Å². The average Bonchev–Trinajstić information content (AvgIpc) is 2.53. The first-order valence-electron chi connectivity index (χ1n) is 7.53. The summed E-state index contributed by atoms with van der Waals surface area (Å²) in [5.41, 5.74) is 6.72. The van der Waals surface area contributed by atoms with Gasteiger partial charge < -0.3 is 0 Å². The third kappa shape index (κ3) is 3.39. The summed E-state index contributed by atoms with van der Waals surface area (Å²) in [7, 11) is 0. The Labute approximate surface area is 162 Å². The lowest BCUT2D eigenvalue weighted by Crippen LogP contribution is -2.04. The van der Waals surface area contributed by atoms with Gasteiger partial charge in [-0.1, -0.05) is 69.7 Å². The quantitative estimate of drug-likeness (QED) is 0.480. The van der Waals surface area contributed by atoms with Gasteiger partial charge in [-0.3, -0.25) is 0 Å². The maximum absolute atomic E-state index is 6.48. The van der Waals surface area contributed by atoms with E-state index in [4.69, 9.17) is 46.4 Å². The number of benzene rings is 2. The second-order valence-corrected chi connectivity index (χ2v) is 7.53. The van der Waals surface area contributed by atoms with E-state index in [1.165, 1.54) is 11.1 Å². The normalized spacial score (nSPS) is 15.2. The third-order valence-electron chi connectivity index (χ3n) is 4.19. The second-order valence-electron chi connectivity index (χ2n) is 5.87. The van der Waals surface area contributed by atoms with Crippen LogP contribution in [0, 0.1) is 6.42 Å². The molecule has 0 heterocycles. The van der Waals surface area contributed by atoms with Crippen LogP contribution in [0.5, 0.6) is 0 Å². The summed E-state index contributed by atoms with van der Waals surface area (Å²) in [4.78, 5) is 0. The maximum atomic E-state index is 6.48. The Kier molecular flexibility index (Phi) is 5.32. The highest BCUT2D eigenvalue weighted by atomic mass is 35.5. The van der Waals surface area contributed by atoms with Crippen LogP contribution in [0.2, 0.25) is 20.1 Å². The molecule has 1 radical (unpaired) electrons. The molecule has 0 fully saturated rings. The minimum atomic E-state index is 0.545. The minimum absolute atomic E-state index is 0.545. The summed E-state index contributed by atoms with van der Waals surface area (Å²) >= 11 is 24.9. The number of allylic oxidation sites excluding steroid dienone is 4. The smallest absolute Gasteiger partial charge is 0.0598 e. The van der Waals surface area contributed by atoms with Gasteiger partial charge in [0.15, 0.2) is 0 Å². The van der Waals surface area contributed by atoms with Gasteiger partial charge in [0.25, 0.3) is 0 Å². The Balaban J connectivity index is 2.23. The van der Waals surface area contributed by atoms with Gasteiger partial charge in [0, 0.05) is 15.6 Å². The van der Waals surface area contributed by atoms with Crippen molar-refractivity contribution in [3.05, 3.63) is 85.2 Å². The van der Waals surface area contributed by atoms with Crippen molar-refractivity contribution >= 4 is 57.5 Å². The molecule has 0 nitrogen and oxygen atoms in total. The van der Waals surface area contributed by atoms with Crippen LogP contribution in [0.15, 0.2) is 47.5 Å². The zero-order chi connectivity index (χ0) is 17.4. The lowest BCUT2D eigenvalue weighted by atomic mass is 9.80. The van der Waals surface area contributed by atoms with E-state index in [0.29, 0.717) is 20.1 Å². The van der Waals surface area contributed by atoms with Crippen LogP contribution in [0.25, 0.3) is 11.1 Å². The summed E-state index contributed by atoms with van der Waals surface area (Å²) in [6, 6.07) is 11.3. The predicted molar refractivity (Wildman–Crippen MR) is 107 cm³/mol. The Morgan fingerprint density at radius 1 is 0.750 bits per heavy atom. The van der Waals surface area contributed by atoms with Crippen molar-refractivity contribution in [2.24, 2.45) is 0 Å². The SMILES string of the molecule is CC1=C(c2ccc(Cl)cc2Cl)C(c2ccc(Cl)c(Cl)c2)=C(C)C[CH]1. The zero-order valence-electron chi connectivity index (χ0n) is 13.3. The molecular weight excluding hydrogens is 382 g/mol. The molecule has 24 heavy (non-hydrogen) atoms. The van der Waals surface area contributed by atoms with Crippen molar-refractivity contribution in [1.29, 1.82) is 0 Å². The first kappa shape index (κ1) is 17.9. The zero-order valence-corrected chi connectivity index (χ0v) is 16.3. The molecule has 0 aliphatic heterocycles. The molecule has 1 aliphatic rings. The molecule has 0 saturated carbocycles. The number of rotatable bonds is 2. The lowest BCUT2D eigenvalue weighted by molar-refractivity contribution is 1.10. The van der Waals surface area contributed by atoms with E-state index in [1.54, 1.807) is 6.07 Å². The minimum Gasteiger partial charge on any atom is -0.0843 e. The fourth-order valence-corrected chi connectivity index (χ4v) is 3.80. The van der Waals surface area contributed by atoms with Crippen LogP contribution in [-0.4, -0.2) is 0 Å². The molecule has 0 saturated heterocycles. The van der Waals surface area contributed by atoms with Crippen LogP contribution in [0.4, 0.5) is 0 Å². The van der Waals surface area contributed by atoms with Crippen molar-refractivity contribution in [1.82, 2.24) is 0 Å². The molecular formula is C20H15Cl4. The Hall–Kier alpha value is -0.920. The van der Waals surface area contributed by atoms with Crippen LogP contribution in [0.1, 0.15) is 31.4 Å². The molecule has 3 rings (SSSR count). The van der Waals surface area contributed by atoms with E-state index < -0.39 is 0 Å². The number of hydrogen-bond donors (Lipinski definition) is 0. The monoisotopic (exact) mass is 395 g/mol. The molecule has 0 amide bonds. The van der Waals surface area contributed by atoms with Crippen LogP contribution >= 0.6 is 46.4 Å². The fraction of sp³-hybridized carbons (Fsp3) is 0.150. The van der Waals surface area contributed by atoms with Gasteiger partial charge in [0.05, 0.1) is 10.0 Å². The molecule has 0 N–H and O–H groups in total. The Bertz CT molecular complexity index is 875. The van der Waals surface area contributed by atoms with Crippen molar-refractivity contribution in [3.8, 4) is 0 Å². The highest BCUT2D eigenvalue weighted by Crippen LogP contribution is 2.45. The largest absolute Gasteiger partial charge is 0.0843 e. The highest BCUT2D eigenvalue weighted by Gasteiger charge is 2.22. The first-order valence-corrected chi connectivity index (χ1v) is 9.04. The summed E-state index contributed by atoms with van der Waals surface area (Å²) in [6.45, 7) is 4.23. The highest BCUT2D eigenvalue weighted by molar-refractivity contribution is 6.42. The number of halogens is 4. The van der Waals surface area contributed by atoms with Gasteiger partial charge in [0.2, 0.25) is 0 Å². The van der Waals surface area contributed by atoms with Gasteiger partial charge in [0.1, 0.15) is 0 Å². The van der Waals surface area contributed by atoms with E-state index in [-0.39, 0.29) is 0 Å². The van der Waals surface area contributed by atoms with Crippen LogP contribution in [-0.2, 0) is 0 Å². The molecule has 1 aliphatic carbocycles. The van der Waals surface area contributed by atoms with Crippen LogP contribution in [0.3, 0.4) is 0 Å². The molecule has 2 aromatic carbocycles. The fourth-order valence-electron chi connectivity index (χ4n) is 3.00. The molecule has 123 valence electrons. The van der Waals surface area contributed by atoms with E-state index >= 15 is 0 Å². The molecule has 2 aromatic rings. The first-order chi connectivity index (χ1) is 11.4. The molecule has 0 bridgehead atoms. The maximum Gasteiger partial charge on any atom is 0.0598 e. The summed E-state index contributed by atoms with van der Waals surface area (Å²) in [5.74, 6) is 0. The molecule has 0 spiro atoms. The average molecular weight is 397 g/mol. The van der Waals surface area contributed by atoms with Gasteiger partial charge in [-0.05, 0) is 67.7 Å². The summed E-state index contributed by atoms with van der Waals surface area (Å²) in [6.07, 6.45) is 3.12. The van der Waals surface area contributed by atoms with Gasteiger partial charge >= 0.3 is 0 Å². The van der Waals surface area contributed by atoms with Gasteiger partial charge in [-0.2, -0.15) is 0 Å². The second kappa shape index (κ2) is 7.14. The van der Waals surface area contributed by atoms with Crippen molar-refractivity contribution < 1.29 is 0 Å². The standard InChI is InChI=1S/C20H15Cl4/c1-11-3-4-12(2)20(15-7-6-14(21)10-17(15)23)19(11)13-5-8-16(22)18(24)9-13/h4-10H,3H2,1-2H3. The van der Waals surface area contributed by atoms with Gasteiger partial charge in [-0.15, -0.1) is 0 Å². The number of hydrogen-bond acceptors (Lipinski definition) is 0. The van der Waals surface area contributed by atoms with E-state index in [0.717, 1.165) is 28.7 Å². The van der Waals surface area contributed by atoms with E-state index in [2.05, 4.69) is 20.3 Å². The van der Waals surface area contributed by atoms with Crippen LogP contribution < -0.4 is 0 Å². The Morgan fingerprint density at radius 2 is 1.50 bits per heavy atom. The third-order valence-corrected chi connectivity index (χ3v) is 5.48. The molecule has 4 heteroatoms. The summed E-state index contributed by atoms with van der Waals surface area (Å²) in [5, 5.41) is 2.35. The molecule has 0 unspecified atom stereocenters. The molecule has 0 aromatic heterocycles. The van der Waals surface area contributed by atoms with Crippen molar-refractivity contribution in [2.45, 2.75) is 20.3 Å². The van der Waals surface area contributed by atoms with E-state index in [1.807, 2.05) is 30.3 Å². The van der Waals surface area contributed by atoms with Gasteiger partial charge in [-0.25, -0.2) is 0 Å². The summed E-state index contributed by atoms with van der Waals surface area (Å²) < 4.78 is 0.